The maximum atomic E-state index is 6.30. The van der Waals surface area contributed by atoms with E-state index >= 15 is 0 Å². The number of rotatable bonds is 2. The quantitative estimate of drug-likeness (QED) is 0.897. The Morgan fingerprint density at radius 1 is 1.37 bits per heavy atom. The highest BCUT2D eigenvalue weighted by Gasteiger charge is 2.32. The monoisotopic (exact) mass is 258 g/mol. The van der Waals surface area contributed by atoms with Crippen LogP contribution in [0.5, 0.6) is 0 Å². The lowest BCUT2D eigenvalue weighted by Crippen LogP contribution is -2.30. The molecule has 0 spiro atoms. The first-order valence-electron chi connectivity index (χ1n) is 6.93. The fourth-order valence-electron chi connectivity index (χ4n) is 3.18. The van der Waals surface area contributed by atoms with Crippen molar-refractivity contribution in [3.05, 3.63) is 47.2 Å². The smallest absolute Gasteiger partial charge is 0.123 e. The summed E-state index contributed by atoms with van der Waals surface area (Å²) in [5.41, 5.74) is 9.26. The Kier molecular flexibility index (Phi) is 2.82. The number of nitrogens with zero attached hydrogens (tertiary/aromatic N) is 1. The summed E-state index contributed by atoms with van der Waals surface area (Å²) >= 11 is 0. The van der Waals surface area contributed by atoms with Crippen LogP contribution in [0, 0.1) is 12.3 Å². The van der Waals surface area contributed by atoms with Gasteiger partial charge >= 0.3 is 0 Å². The van der Waals surface area contributed by atoms with Gasteiger partial charge in [0, 0.05) is 17.9 Å². The van der Waals surface area contributed by atoms with Crippen LogP contribution in [0.1, 0.15) is 49.1 Å². The van der Waals surface area contributed by atoms with Gasteiger partial charge in [-0.05, 0) is 48.9 Å². The molecule has 1 aliphatic rings. The molecule has 0 amide bonds. The van der Waals surface area contributed by atoms with Crippen molar-refractivity contribution >= 4 is 0 Å². The van der Waals surface area contributed by atoms with Gasteiger partial charge in [0.05, 0.1) is 6.54 Å². The van der Waals surface area contributed by atoms with Gasteiger partial charge in [0.25, 0.3) is 0 Å². The molecule has 0 radical (unpaired) electrons. The summed E-state index contributed by atoms with van der Waals surface area (Å²) in [6.45, 7) is 7.37. The summed E-state index contributed by atoms with van der Waals surface area (Å²) in [5, 5.41) is 0. The molecule has 0 bridgehead atoms. The topological polar surface area (TPSA) is 44.1 Å². The zero-order chi connectivity index (χ0) is 13.6. The first-order valence-corrected chi connectivity index (χ1v) is 6.93. The molecule has 2 aromatic heterocycles. The number of nitrogens with two attached hydrogens (primary N) is 1. The zero-order valence-corrected chi connectivity index (χ0v) is 11.9. The summed E-state index contributed by atoms with van der Waals surface area (Å²) in [7, 11) is 0. The third-order valence-electron chi connectivity index (χ3n) is 4.05. The van der Waals surface area contributed by atoms with Crippen LogP contribution < -0.4 is 5.73 Å². The lowest BCUT2D eigenvalue weighted by molar-refractivity contribution is 0.275. The minimum Gasteiger partial charge on any atom is -0.464 e. The minimum atomic E-state index is 0.165. The molecule has 2 aromatic rings. The van der Waals surface area contributed by atoms with Gasteiger partial charge < -0.3 is 14.7 Å². The van der Waals surface area contributed by atoms with Crippen LogP contribution in [0.15, 0.2) is 28.8 Å². The van der Waals surface area contributed by atoms with Crippen LogP contribution in [0.4, 0.5) is 0 Å². The summed E-state index contributed by atoms with van der Waals surface area (Å²) in [6, 6.07) is 6.40. The fourth-order valence-corrected chi connectivity index (χ4v) is 3.18. The van der Waals surface area contributed by atoms with Crippen molar-refractivity contribution in [2.75, 3.05) is 0 Å². The van der Waals surface area contributed by atoms with E-state index < -0.39 is 0 Å². The molecule has 1 aliphatic carbocycles. The Morgan fingerprint density at radius 3 is 2.84 bits per heavy atom. The van der Waals surface area contributed by atoms with Gasteiger partial charge in [0.15, 0.2) is 0 Å². The van der Waals surface area contributed by atoms with E-state index in [2.05, 4.69) is 36.7 Å². The largest absolute Gasteiger partial charge is 0.464 e. The molecule has 19 heavy (non-hydrogen) atoms. The van der Waals surface area contributed by atoms with Crippen molar-refractivity contribution in [2.45, 2.75) is 46.2 Å². The first-order chi connectivity index (χ1) is 8.94. The summed E-state index contributed by atoms with van der Waals surface area (Å²) in [4.78, 5) is 0. The molecule has 0 aliphatic heterocycles. The first kappa shape index (κ1) is 12.5. The number of aromatic nitrogens is 1. The van der Waals surface area contributed by atoms with E-state index in [0.29, 0.717) is 0 Å². The van der Waals surface area contributed by atoms with Gasteiger partial charge in [-0.3, -0.25) is 0 Å². The average molecular weight is 258 g/mol. The number of aryl methyl sites for hydroxylation is 1. The highest BCUT2D eigenvalue weighted by atomic mass is 16.3. The Hall–Kier alpha value is -1.48. The Morgan fingerprint density at radius 2 is 2.16 bits per heavy atom. The minimum absolute atomic E-state index is 0.165. The molecular formula is C16H22N2O. The molecule has 0 saturated carbocycles. The van der Waals surface area contributed by atoms with Crippen molar-refractivity contribution < 1.29 is 4.42 Å². The maximum Gasteiger partial charge on any atom is 0.123 e. The fraction of sp³-hybridized carbons (Fsp3) is 0.500. The molecule has 3 rings (SSSR count). The van der Waals surface area contributed by atoms with Gasteiger partial charge in [-0.2, -0.15) is 0 Å². The summed E-state index contributed by atoms with van der Waals surface area (Å²) < 4.78 is 7.96. The van der Waals surface area contributed by atoms with Crippen LogP contribution in [0.2, 0.25) is 0 Å². The van der Waals surface area contributed by atoms with Crippen LogP contribution in [-0.4, -0.2) is 4.57 Å². The summed E-state index contributed by atoms with van der Waals surface area (Å²) in [5.74, 6) is 1.97. The average Bonchev–Trinajstić information content (AvgIpc) is 2.86. The van der Waals surface area contributed by atoms with Crippen molar-refractivity contribution in [2.24, 2.45) is 11.1 Å². The van der Waals surface area contributed by atoms with Crippen molar-refractivity contribution in [3.63, 3.8) is 0 Å². The SMILES string of the molecule is Cc1ccc(Cn2ccc3c2CC(C)(C)CC3N)o1. The summed E-state index contributed by atoms with van der Waals surface area (Å²) in [6.07, 6.45) is 4.29. The van der Waals surface area contributed by atoms with E-state index in [1.165, 1.54) is 11.3 Å². The van der Waals surface area contributed by atoms with E-state index in [1.54, 1.807) is 0 Å². The molecule has 1 unspecified atom stereocenters. The molecular weight excluding hydrogens is 236 g/mol. The van der Waals surface area contributed by atoms with Crippen LogP contribution in [0.25, 0.3) is 0 Å². The van der Waals surface area contributed by atoms with Gasteiger partial charge in [-0.25, -0.2) is 0 Å². The number of hydrogen-bond acceptors (Lipinski definition) is 2. The number of hydrogen-bond donors (Lipinski definition) is 1. The van der Waals surface area contributed by atoms with Gasteiger partial charge in [0.2, 0.25) is 0 Å². The second kappa shape index (κ2) is 4.27. The molecule has 102 valence electrons. The molecule has 2 N–H and O–H groups in total. The lowest BCUT2D eigenvalue weighted by atomic mass is 9.74. The van der Waals surface area contributed by atoms with Crippen molar-refractivity contribution in [1.29, 1.82) is 0 Å². The Balaban J connectivity index is 1.92. The molecule has 3 heteroatoms. The van der Waals surface area contributed by atoms with E-state index in [4.69, 9.17) is 10.2 Å². The van der Waals surface area contributed by atoms with Crippen LogP contribution >= 0.6 is 0 Å². The molecule has 1 atom stereocenters. The zero-order valence-electron chi connectivity index (χ0n) is 11.9. The molecule has 0 aromatic carbocycles. The van der Waals surface area contributed by atoms with E-state index in [1.807, 2.05) is 13.0 Å². The Labute approximate surface area is 114 Å². The maximum absolute atomic E-state index is 6.30. The van der Waals surface area contributed by atoms with E-state index in [0.717, 1.165) is 30.9 Å². The van der Waals surface area contributed by atoms with E-state index in [-0.39, 0.29) is 11.5 Å². The number of furan rings is 1. The van der Waals surface area contributed by atoms with Gasteiger partial charge in [0.1, 0.15) is 11.5 Å². The van der Waals surface area contributed by atoms with Gasteiger partial charge in [-0.15, -0.1) is 0 Å². The standard InChI is InChI=1S/C16H22N2O/c1-11-4-5-12(19-11)10-18-7-6-13-14(17)8-16(2,3)9-15(13)18/h4-7,14H,8-10,17H2,1-3H3. The highest BCUT2D eigenvalue weighted by Crippen LogP contribution is 2.40. The predicted molar refractivity (Wildman–Crippen MR) is 76.0 cm³/mol. The normalized spacial score (nSPS) is 21.4. The third-order valence-corrected chi connectivity index (χ3v) is 4.05. The highest BCUT2D eigenvalue weighted by molar-refractivity contribution is 5.30. The third kappa shape index (κ3) is 2.35. The Bertz CT molecular complexity index is 592. The van der Waals surface area contributed by atoms with Crippen LogP contribution in [0.3, 0.4) is 0 Å². The molecule has 2 heterocycles. The van der Waals surface area contributed by atoms with Crippen molar-refractivity contribution in [1.82, 2.24) is 4.57 Å². The number of fused-ring (bicyclic) bond motifs is 1. The predicted octanol–water partition coefficient (Wildman–Crippen LogP) is 3.41. The van der Waals surface area contributed by atoms with E-state index in [9.17, 15) is 0 Å². The second-order valence-corrected chi connectivity index (χ2v) is 6.51. The second-order valence-electron chi connectivity index (χ2n) is 6.51. The molecule has 0 saturated heterocycles. The van der Waals surface area contributed by atoms with Gasteiger partial charge in [-0.1, -0.05) is 13.8 Å². The van der Waals surface area contributed by atoms with Crippen molar-refractivity contribution in [3.8, 4) is 0 Å². The molecule has 0 fully saturated rings. The lowest BCUT2D eigenvalue weighted by Gasteiger charge is -2.34. The molecule has 3 nitrogen and oxygen atoms in total. The van der Waals surface area contributed by atoms with Crippen LogP contribution in [-0.2, 0) is 13.0 Å².